The number of hydrogen-bond donors (Lipinski definition) is 1. The third-order valence-electron chi connectivity index (χ3n) is 4.93. The average molecular weight is 350 g/mol. The van der Waals surface area contributed by atoms with Crippen molar-refractivity contribution in [1.82, 2.24) is 0 Å². The van der Waals surface area contributed by atoms with Gasteiger partial charge in [0.1, 0.15) is 0 Å². The highest BCUT2D eigenvalue weighted by Crippen LogP contribution is 2.51. The van der Waals surface area contributed by atoms with Gasteiger partial charge in [-0.25, -0.2) is 0 Å². The lowest BCUT2D eigenvalue weighted by atomic mass is 9.76. The lowest BCUT2D eigenvalue weighted by molar-refractivity contribution is -0.137. The van der Waals surface area contributed by atoms with Crippen LogP contribution in [0.1, 0.15) is 35.1 Å². The van der Waals surface area contributed by atoms with E-state index in [-0.39, 0.29) is 17.9 Å². The highest BCUT2D eigenvalue weighted by atomic mass is 35.5. The molecule has 124 valence electrons. The summed E-state index contributed by atoms with van der Waals surface area (Å²) in [5, 5.41) is 4.09. The van der Waals surface area contributed by atoms with E-state index >= 15 is 0 Å². The van der Waals surface area contributed by atoms with Gasteiger partial charge in [0.2, 0.25) is 0 Å². The number of nitrogens with one attached hydrogen (secondary N) is 1. The van der Waals surface area contributed by atoms with Gasteiger partial charge in [0.25, 0.3) is 0 Å². The first-order valence-electron chi connectivity index (χ1n) is 7.84. The lowest BCUT2D eigenvalue weighted by Gasteiger charge is -2.38. The molecular weight excluding hydrogens is 335 g/mol. The quantitative estimate of drug-likeness (QED) is 0.606. The van der Waals surface area contributed by atoms with Crippen LogP contribution in [0, 0.1) is 5.92 Å². The minimum Gasteiger partial charge on any atom is -0.378 e. The number of anilines is 1. The van der Waals surface area contributed by atoms with Gasteiger partial charge in [-0.15, -0.1) is 0 Å². The number of rotatable bonds is 1. The average Bonchev–Trinajstić information content (AvgIpc) is 3.03. The Morgan fingerprint density at radius 3 is 2.58 bits per heavy atom. The summed E-state index contributed by atoms with van der Waals surface area (Å²) in [5.41, 5.74) is 1.86. The van der Waals surface area contributed by atoms with E-state index in [0.717, 1.165) is 23.7 Å². The number of halogens is 4. The molecule has 2 aliphatic rings. The van der Waals surface area contributed by atoms with Crippen molar-refractivity contribution in [2.24, 2.45) is 5.92 Å². The van der Waals surface area contributed by atoms with Gasteiger partial charge in [-0.05, 0) is 47.7 Å². The first kappa shape index (κ1) is 15.6. The van der Waals surface area contributed by atoms with Crippen LogP contribution in [0.15, 0.2) is 54.6 Å². The SMILES string of the molecule is FC(F)(F)c1ccc2c(c1)[C@@H]1C=CC[C@@H]1[C@@H](c1ccccc1Cl)N2. The molecule has 0 aromatic heterocycles. The lowest BCUT2D eigenvalue weighted by Crippen LogP contribution is -2.29. The Bertz CT molecular complexity index is 812. The van der Waals surface area contributed by atoms with Crippen LogP contribution < -0.4 is 5.32 Å². The second-order valence-corrected chi connectivity index (χ2v) is 6.70. The van der Waals surface area contributed by atoms with Crippen molar-refractivity contribution in [2.75, 3.05) is 5.32 Å². The molecule has 0 amide bonds. The van der Waals surface area contributed by atoms with Crippen molar-refractivity contribution >= 4 is 17.3 Å². The van der Waals surface area contributed by atoms with Crippen molar-refractivity contribution < 1.29 is 13.2 Å². The maximum atomic E-state index is 13.0. The van der Waals surface area contributed by atoms with E-state index in [2.05, 4.69) is 11.4 Å². The third kappa shape index (κ3) is 2.49. The third-order valence-corrected chi connectivity index (χ3v) is 5.27. The maximum Gasteiger partial charge on any atom is 0.416 e. The summed E-state index contributed by atoms with van der Waals surface area (Å²) < 4.78 is 39.1. The van der Waals surface area contributed by atoms with Crippen molar-refractivity contribution in [3.8, 4) is 0 Å². The molecule has 2 aromatic carbocycles. The maximum absolute atomic E-state index is 13.0. The highest BCUT2D eigenvalue weighted by molar-refractivity contribution is 6.31. The fourth-order valence-corrected chi connectivity index (χ4v) is 4.06. The van der Waals surface area contributed by atoms with Crippen LogP contribution >= 0.6 is 11.6 Å². The smallest absolute Gasteiger partial charge is 0.378 e. The van der Waals surface area contributed by atoms with Gasteiger partial charge in [0.15, 0.2) is 0 Å². The van der Waals surface area contributed by atoms with E-state index in [9.17, 15) is 13.2 Å². The second-order valence-electron chi connectivity index (χ2n) is 6.30. The summed E-state index contributed by atoms with van der Waals surface area (Å²) in [6.07, 6.45) is 0.570. The van der Waals surface area contributed by atoms with Crippen molar-refractivity contribution in [1.29, 1.82) is 0 Å². The summed E-state index contributed by atoms with van der Waals surface area (Å²) in [7, 11) is 0. The molecule has 1 heterocycles. The Morgan fingerprint density at radius 1 is 1.04 bits per heavy atom. The number of benzene rings is 2. The van der Waals surface area contributed by atoms with Gasteiger partial charge in [0, 0.05) is 16.6 Å². The molecule has 5 heteroatoms. The summed E-state index contributed by atoms with van der Waals surface area (Å²) in [6, 6.07) is 11.6. The zero-order valence-corrected chi connectivity index (χ0v) is 13.4. The van der Waals surface area contributed by atoms with E-state index in [0.29, 0.717) is 10.6 Å². The van der Waals surface area contributed by atoms with Crippen LogP contribution in [0.25, 0.3) is 0 Å². The number of hydrogen-bond acceptors (Lipinski definition) is 1. The Hall–Kier alpha value is -1.94. The Balaban J connectivity index is 1.79. The van der Waals surface area contributed by atoms with Gasteiger partial charge in [-0.3, -0.25) is 0 Å². The molecule has 0 saturated heterocycles. The standard InChI is InChI=1S/C19H15ClF3N/c20-16-7-2-1-4-14(16)18-13-6-3-5-12(13)15-10-11(19(21,22)23)8-9-17(15)24-18/h1-5,7-10,12-13,18,24H,6H2/t12-,13+,18+/m1/s1. The zero-order chi connectivity index (χ0) is 16.9. The fourth-order valence-electron chi connectivity index (χ4n) is 3.81. The summed E-state index contributed by atoms with van der Waals surface area (Å²) >= 11 is 6.35. The molecular formula is C19H15ClF3N. The molecule has 0 radical (unpaired) electrons. The first-order chi connectivity index (χ1) is 11.4. The van der Waals surface area contributed by atoms with Crippen LogP contribution in [0.3, 0.4) is 0 Å². The Kier molecular flexibility index (Phi) is 3.61. The molecule has 0 saturated carbocycles. The van der Waals surface area contributed by atoms with E-state index in [1.54, 1.807) is 0 Å². The molecule has 1 aliphatic carbocycles. The largest absolute Gasteiger partial charge is 0.416 e. The Morgan fingerprint density at radius 2 is 1.83 bits per heavy atom. The normalized spacial score (nSPS) is 25.1. The van der Waals surface area contributed by atoms with Gasteiger partial charge in [0.05, 0.1) is 11.6 Å². The van der Waals surface area contributed by atoms with Crippen LogP contribution in [-0.4, -0.2) is 0 Å². The van der Waals surface area contributed by atoms with Crippen molar-refractivity contribution in [3.63, 3.8) is 0 Å². The molecule has 0 fully saturated rings. The predicted octanol–water partition coefficient (Wildman–Crippen LogP) is 6.19. The number of allylic oxidation sites excluding steroid dienone is 2. The fraction of sp³-hybridized carbons (Fsp3) is 0.263. The minimum atomic E-state index is -4.33. The molecule has 4 rings (SSSR count). The molecule has 2 aromatic rings. The first-order valence-corrected chi connectivity index (χ1v) is 8.22. The molecule has 0 unspecified atom stereocenters. The predicted molar refractivity (Wildman–Crippen MR) is 89.2 cm³/mol. The molecule has 3 atom stereocenters. The summed E-state index contributed by atoms with van der Waals surface area (Å²) in [4.78, 5) is 0. The monoisotopic (exact) mass is 349 g/mol. The van der Waals surface area contributed by atoms with Crippen LogP contribution in [0.4, 0.5) is 18.9 Å². The van der Waals surface area contributed by atoms with Gasteiger partial charge in [-0.1, -0.05) is 42.0 Å². The molecule has 1 N–H and O–H groups in total. The highest BCUT2D eigenvalue weighted by Gasteiger charge is 2.40. The summed E-state index contributed by atoms with van der Waals surface area (Å²) in [6.45, 7) is 0. The van der Waals surface area contributed by atoms with Crippen molar-refractivity contribution in [2.45, 2.75) is 24.6 Å². The molecule has 1 nitrogen and oxygen atoms in total. The van der Waals surface area contributed by atoms with Gasteiger partial charge >= 0.3 is 6.18 Å². The molecule has 24 heavy (non-hydrogen) atoms. The zero-order valence-electron chi connectivity index (χ0n) is 12.6. The second kappa shape index (κ2) is 5.55. The molecule has 1 aliphatic heterocycles. The number of alkyl halides is 3. The van der Waals surface area contributed by atoms with Gasteiger partial charge in [-0.2, -0.15) is 13.2 Å². The van der Waals surface area contributed by atoms with Crippen LogP contribution in [0.2, 0.25) is 5.02 Å². The van der Waals surface area contributed by atoms with E-state index in [4.69, 9.17) is 11.6 Å². The topological polar surface area (TPSA) is 12.0 Å². The van der Waals surface area contributed by atoms with Gasteiger partial charge < -0.3 is 5.32 Å². The molecule has 0 bridgehead atoms. The van der Waals surface area contributed by atoms with E-state index < -0.39 is 11.7 Å². The van der Waals surface area contributed by atoms with E-state index in [1.165, 1.54) is 12.1 Å². The molecule has 0 spiro atoms. The van der Waals surface area contributed by atoms with Crippen LogP contribution in [-0.2, 0) is 6.18 Å². The summed E-state index contributed by atoms with van der Waals surface area (Å²) in [5.74, 6) is 0.144. The van der Waals surface area contributed by atoms with E-state index in [1.807, 2.05) is 30.3 Å². The minimum absolute atomic E-state index is 0.0112. The van der Waals surface area contributed by atoms with Crippen LogP contribution in [0.5, 0.6) is 0 Å². The van der Waals surface area contributed by atoms with Crippen molar-refractivity contribution in [3.05, 3.63) is 76.3 Å². The Labute approximate surface area is 143 Å². The number of fused-ring (bicyclic) bond motifs is 3.